The van der Waals surface area contributed by atoms with Crippen LogP contribution in [0.2, 0.25) is 0 Å². The van der Waals surface area contributed by atoms with E-state index in [1.165, 1.54) is 6.07 Å². The van der Waals surface area contributed by atoms with Crippen molar-refractivity contribution >= 4 is 17.3 Å². The maximum Gasteiger partial charge on any atom is 0.191 e. The summed E-state index contributed by atoms with van der Waals surface area (Å²) in [6.45, 7) is 5.07. The largest absolute Gasteiger partial charge is 0.356 e. The van der Waals surface area contributed by atoms with Crippen molar-refractivity contribution in [2.24, 2.45) is 4.99 Å². The van der Waals surface area contributed by atoms with Crippen molar-refractivity contribution in [2.45, 2.75) is 32.7 Å². The van der Waals surface area contributed by atoms with Crippen LogP contribution in [0.4, 0.5) is 8.78 Å². The third-order valence-electron chi connectivity index (χ3n) is 3.41. The highest BCUT2D eigenvalue weighted by Crippen LogP contribution is 2.19. The second kappa shape index (κ2) is 8.73. The van der Waals surface area contributed by atoms with Crippen molar-refractivity contribution in [3.8, 4) is 0 Å². The van der Waals surface area contributed by atoms with Gasteiger partial charge < -0.3 is 10.6 Å². The molecule has 2 rings (SSSR count). The van der Waals surface area contributed by atoms with Crippen LogP contribution in [0.25, 0.3) is 0 Å². The molecule has 1 aromatic carbocycles. The van der Waals surface area contributed by atoms with E-state index in [1.807, 2.05) is 0 Å². The first-order chi connectivity index (χ1) is 11.5. The first kappa shape index (κ1) is 18.3. The summed E-state index contributed by atoms with van der Waals surface area (Å²) in [7, 11) is 1.64. The van der Waals surface area contributed by atoms with Gasteiger partial charge in [-0.1, -0.05) is 13.8 Å². The summed E-state index contributed by atoms with van der Waals surface area (Å²) in [5, 5.41) is 9.32. The number of hydrogen-bond donors (Lipinski definition) is 2. The highest BCUT2D eigenvalue weighted by Gasteiger charge is 2.07. The van der Waals surface area contributed by atoms with Gasteiger partial charge >= 0.3 is 0 Å². The molecule has 0 amide bonds. The molecule has 0 fully saturated rings. The number of aromatic nitrogens is 1. The van der Waals surface area contributed by atoms with Crippen LogP contribution in [-0.2, 0) is 13.0 Å². The molecule has 0 saturated carbocycles. The molecule has 0 aliphatic heterocycles. The second-order valence-corrected chi connectivity index (χ2v) is 6.56. The molecule has 0 bridgehead atoms. The first-order valence-corrected chi connectivity index (χ1v) is 8.70. The number of benzene rings is 1. The van der Waals surface area contributed by atoms with E-state index in [0.717, 1.165) is 29.3 Å². The Hall–Kier alpha value is -2.02. The summed E-state index contributed by atoms with van der Waals surface area (Å²) in [5.74, 6) is 0.0777. The van der Waals surface area contributed by atoms with Gasteiger partial charge in [-0.25, -0.2) is 13.8 Å². The van der Waals surface area contributed by atoms with E-state index in [9.17, 15) is 8.78 Å². The quantitative estimate of drug-likeness (QED) is 0.618. The smallest absolute Gasteiger partial charge is 0.191 e. The van der Waals surface area contributed by atoms with Crippen LogP contribution in [0.3, 0.4) is 0 Å². The lowest BCUT2D eigenvalue weighted by molar-refractivity contribution is 0.581. The molecule has 2 aromatic rings. The van der Waals surface area contributed by atoms with E-state index in [4.69, 9.17) is 0 Å². The number of guanidine groups is 1. The van der Waals surface area contributed by atoms with E-state index >= 15 is 0 Å². The molecule has 0 saturated heterocycles. The van der Waals surface area contributed by atoms with Gasteiger partial charge in [-0.2, -0.15) is 0 Å². The number of hydrogen-bond acceptors (Lipinski definition) is 3. The normalized spacial score (nSPS) is 11.8. The van der Waals surface area contributed by atoms with Gasteiger partial charge in [0.25, 0.3) is 0 Å². The highest BCUT2D eigenvalue weighted by molar-refractivity contribution is 7.09. The molecule has 4 nitrogen and oxygen atoms in total. The summed E-state index contributed by atoms with van der Waals surface area (Å²) in [6.07, 6.45) is 0.776. The molecule has 1 aromatic heterocycles. The molecule has 0 radical (unpaired) electrons. The zero-order valence-electron chi connectivity index (χ0n) is 14.1. The van der Waals surface area contributed by atoms with E-state index in [1.54, 1.807) is 18.4 Å². The SMILES string of the molecule is CN=C(NCCc1csc(C(C)C)n1)NCc1cc(F)ccc1F. The molecule has 0 atom stereocenters. The minimum atomic E-state index is -0.458. The molecule has 24 heavy (non-hydrogen) atoms. The standard InChI is InChI=1S/C17H22F2N4S/c1-11(2)16-23-14(10-24-16)6-7-21-17(20-3)22-9-12-8-13(18)4-5-15(12)19/h4-5,8,10-11H,6-7,9H2,1-3H3,(H2,20,21,22). The van der Waals surface area contributed by atoms with Gasteiger partial charge in [0.2, 0.25) is 0 Å². The predicted molar refractivity (Wildman–Crippen MR) is 94.5 cm³/mol. The highest BCUT2D eigenvalue weighted by atomic mass is 32.1. The molecule has 7 heteroatoms. The van der Waals surface area contributed by atoms with E-state index in [2.05, 4.69) is 39.8 Å². The van der Waals surface area contributed by atoms with Crippen LogP contribution >= 0.6 is 11.3 Å². The average molecular weight is 352 g/mol. The van der Waals surface area contributed by atoms with Gasteiger partial charge in [-0.3, -0.25) is 4.99 Å². The molecule has 0 unspecified atom stereocenters. The zero-order chi connectivity index (χ0) is 17.5. The number of nitrogens with one attached hydrogen (secondary N) is 2. The number of nitrogens with zero attached hydrogens (tertiary/aromatic N) is 2. The van der Waals surface area contributed by atoms with Crippen LogP contribution < -0.4 is 10.6 Å². The van der Waals surface area contributed by atoms with Crippen molar-refractivity contribution in [2.75, 3.05) is 13.6 Å². The van der Waals surface area contributed by atoms with Crippen LogP contribution in [0.15, 0.2) is 28.6 Å². The molecule has 0 aliphatic carbocycles. The van der Waals surface area contributed by atoms with Gasteiger partial charge in [-0.15, -0.1) is 11.3 Å². The van der Waals surface area contributed by atoms with Crippen LogP contribution in [0.1, 0.15) is 36.0 Å². The lowest BCUT2D eigenvalue weighted by Gasteiger charge is -2.12. The summed E-state index contributed by atoms with van der Waals surface area (Å²) in [4.78, 5) is 8.65. The summed E-state index contributed by atoms with van der Waals surface area (Å²) in [5.41, 5.74) is 1.31. The fourth-order valence-corrected chi connectivity index (χ4v) is 2.96. The predicted octanol–water partition coefficient (Wildman–Crippen LogP) is 3.45. The Morgan fingerprint density at radius 2 is 2.08 bits per heavy atom. The molecular formula is C17H22F2N4S. The zero-order valence-corrected chi connectivity index (χ0v) is 14.9. The van der Waals surface area contributed by atoms with Gasteiger partial charge in [-0.05, 0) is 18.2 Å². The topological polar surface area (TPSA) is 49.3 Å². The summed E-state index contributed by atoms with van der Waals surface area (Å²) >= 11 is 1.67. The number of aliphatic imine (C=N–C) groups is 1. The number of thiazole rings is 1. The maximum atomic E-state index is 13.6. The third kappa shape index (κ3) is 5.26. The van der Waals surface area contributed by atoms with Gasteiger partial charge in [0.1, 0.15) is 11.6 Å². The first-order valence-electron chi connectivity index (χ1n) is 7.82. The Labute approximate surface area is 145 Å². The van der Waals surface area contributed by atoms with Crippen molar-refractivity contribution in [3.05, 3.63) is 51.5 Å². The van der Waals surface area contributed by atoms with Gasteiger partial charge in [0.15, 0.2) is 5.96 Å². The minimum absolute atomic E-state index is 0.164. The number of rotatable bonds is 6. The van der Waals surface area contributed by atoms with Gasteiger partial charge in [0, 0.05) is 43.4 Å². The molecular weight excluding hydrogens is 330 g/mol. The Bertz CT molecular complexity index is 698. The number of halogens is 2. The van der Waals surface area contributed by atoms with E-state index in [-0.39, 0.29) is 12.1 Å². The minimum Gasteiger partial charge on any atom is -0.356 e. The van der Waals surface area contributed by atoms with Crippen LogP contribution in [0.5, 0.6) is 0 Å². The molecule has 2 N–H and O–H groups in total. The van der Waals surface area contributed by atoms with Crippen molar-refractivity contribution in [3.63, 3.8) is 0 Å². The fraction of sp³-hybridized carbons (Fsp3) is 0.412. The van der Waals surface area contributed by atoms with Crippen molar-refractivity contribution in [1.82, 2.24) is 15.6 Å². The maximum absolute atomic E-state index is 13.6. The Morgan fingerprint density at radius 1 is 1.29 bits per heavy atom. The van der Waals surface area contributed by atoms with Crippen molar-refractivity contribution < 1.29 is 8.78 Å². The summed E-state index contributed by atoms with van der Waals surface area (Å²) in [6, 6.07) is 3.40. The monoisotopic (exact) mass is 352 g/mol. The summed E-state index contributed by atoms with van der Waals surface area (Å²) < 4.78 is 26.7. The third-order valence-corrected chi connectivity index (χ3v) is 4.61. The fourth-order valence-electron chi connectivity index (χ4n) is 2.09. The van der Waals surface area contributed by atoms with E-state index in [0.29, 0.717) is 18.4 Å². The average Bonchev–Trinajstić information content (AvgIpc) is 3.03. The molecule has 0 spiro atoms. The molecule has 1 heterocycles. The van der Waals surface area contributed by atoms with Crippen molar-refractivity contribution in [1.29, 1.82) is 0 Å². The molecule has 130 valence electrons. The lowest BCUT2D eigenvalue weighted by atomic mass is 10.2. The lowest BCUT2D eigenvalue weighted by Crippen LogP contribution is -2.38. The van der Waals surface area contributed by atoms with Crippen LogP contribution in [0, 0.1) is 11.6 Å². The Balaban J connectivity index is 1.81. The van der Waals surface area contributed by atoms with Crippen LogP contribution in [-0.4, -0.2) is 24.5 Å². The molecule has 0 aliphatic rings. The van der Waals surface area contributed by atoms with E-state index < -0.39 is 11.6 Å². The Morgan fingerprint density at radius 3 is 2.75 bits per heavy atom. The van der Waals surface area contributed by atoms with Gasteiger partial charge in [0.05, 0.1) is 10.7 Å². The second-order valence-electron chi connectivity index (χ2n) is 5.67. The Kier molecular flexibility index (Phi) is 6.66.